The molecule has 1 saturated heterocycles. The second-order valence-corrected chi connectivity index (χ2v) is 5.40. The first-order valence-electron chi connectivity index (χ1n) is 5.64. The third-order valence-corrected chi connectivity index (χ3v) is 4.11. The van der Waals surface area contributed by atoms with Gasteiger partial charge < -0.3 is 5.11 Å². The molecule has 1 aliphatic rings. The number of nitrogens with zero attached hydrogens (tertiary/aromatic N) is 2. The first-order valence-corrected chi connectivity index (χ1v) is 6.79. The molecule has 5 heteroatoms. The quantitative estimate of drug-likeness (QED) is 0.884. The van der Waals surface area contributed by atoms with E-state index in [4.69, 9.17) is 5.11 Å². The van der Waals surface area contributed by atoms with Gasteiger partial charge in [-0.2, -0.15) is 11.8 Å². The molecule has 0 amide bonds. The Balaban J connectivity index is 2.02. The summed E-state index contributed by atoms with van der Waals surface area (Å²) in [5.74, 6) is 1.41. The molecule has 0 spiro atoms. The Morgan fingerprint density at radius 3 is 3.12 bits per heavy atom. The largest absolute Gasteiger partial charge is 0.477 e. The monoisotopic (exact) mass is 252 g/mol. The van der Waals surface area contributed by atoms with Gasteiger partial charge in [0.1, 0.15) is 5.69 Å². The van der Waals surface area contributed by atoms with Gasteiger partial charge in [0.15, 0.2) is 0 Å². The highest BCUT2D eigenvalue weighted by atomic mass is 32.2. The zero-order valence-corrected chi connectivity index (χ0v) is 10.6. The number of aromatic carboxylic acids is 1. The van der Waals surface area contributed by atoms with Gasteiger partial charge in [0.2, 0.25) is 0 Å². The molecule has 2 heterocycles. The molecule has 0 aromatic carbocycles. The summed E-state index contributed by atoms with van der Waals surface area (Å²) in [5.41, 5.74) is 0.945. The number of thioether (sulfide) groups is 1. The van der Waals surface area contributed by atoms with Crippen molar-refractivity contribution in [3.63, 3.8) is 0 Å². The van der Waals surface area contributed by atoms with Crippen molar-refractivity contribution < 1.29 is 9.90 Å². The number of hydrogen-bond donors (Lipinski definition) is 1. The fourth-order valence-corrected chi connectivity index (χ4v) is 3.24. The van der Waals surface area contributed by atoms with E-state index in [0.717, 1.165) is 11.4 Å². The van der Waals surface area contributed by atoms with E-state index < -0.39 is 5.97 Å². The lowest BCUT2D eigenvalue weighted by atomic mass is 10.2. The maximum Gasteiger partial charge on any atom is 0.354 e. The summed E-state index contributed by atoms with van der Waals surface area (Å²) >= 11 is 1.97. The number of pyridine rings is 1. The predicted octanol–water partition coefficient (Wildman–Crippen LogP) is 1.72. The summed E-state index contributed by atoms with van der Waals surface area (Å²) in [5, 5.41) is 8.88. The third kappa shape index (κ3) is 3.20. The van der Waals surface area contributed by atoms with E-state index >= 15 is 0 Å². The lowest BCUT2D eigenvalue weighted by molar-refractivity contribution is 0.0690. The van der Waals surface area contributed by atoms with Crippen LogP contribution in [0.2, 0.25) is 0 Å². The maximum atomic E-state index is 10.8. The zero-order valence-electron chi connectivity index (χ0n) is 9.80. The van der Waals surface area contributed by atoms with Crippen molar-refractivity contribution in [3.05, 3.63) is 29.6 Å². The molecule has 0 bridgehead atoms. The molecule has 1 aromatic rings. The van der Waals surface area contributed by atoms with E-state index in [2.05, 4.69) is 16.9 Å². The van der Waals surface area contributed by atoms with Crippen LogP contribution in [0.5, 0.6) is 0 Å². The summed E-state index contributed by atoms with van der Waals surface area (Å²) in [7, 11) is 2.08. The Kier molecular flexibility index (Phi) is 4.02. The molecule has 1 aliphatic heterocycles. The van der Waals surface area contributed by atoms with Crippen LogP contribution in [0.1, 0.15) is 22.6 Å². The van der Waals surface area contributed by atoms with Crippen molar-refractivity contribution in [1.82, 2.24) is 9.88 Å². The van der Waals surface area contributed by atoms with E-state index in [1.54, 1.807) is 6.07 Å². The van der Waals surface area contributed by atoms with E-state index in [0.29, 0.717) is 12.6 Å². The van der Waals surface area contributed by atoms with Gasteiger partial charge in [0.05, 0.1) is 5.69 Å². The summed E-state index contributed by atoms with van der Waals surface area (Å²) in [6.07, 6.45) is 1.21. The topological polar surface area (TPSA) is 53.4 Å². The number of carbonyl (C=O) groups is 1. The van der Waals surface area contributed by atoms with E-state index in [1.165, 1.54) is 18.2 Å². The SMILES string of the molecule is CN(Cc1cccc(C(=O)O)n1)C1CCSC1. The van der Waals surface area contributed by atoms with Gasteiger partial charge in [0, 0.05) is 18.3 Å². The minimum atomic E-state index is -0.967. The second-order valence-electron chi connectivity index (χ2n) is 4.25. The fourth-order valence-electron chi connectivity index (χ4n) is 1.94. The third-order valence-electron chi connectivity index (χ3n) is 2.97. The van der Waals surface area contributed by atoms with Crippen molar-refractivity contribution in [1.29, 1.82) is 0 Å². The van der Waals surface area contributed by atoms with Crippen molar-refractivity contribution in [2.45, 2.75) is 19.0 Å². The molecule has 1 unspecified atom stereocenters. The number of hydrogen-bond acceptors (Lipinski definition) is 4. The normalized spacial score (nSPS) is 19.8. The Morgan fingerprint density at radius 2 is 2.47 bits per heavy atom. The average Bonchev–Trinajstić information content (AvgIpc) is 2.82. The molecule has 0 radical (unpaired) electrons. The van der Waals surface area contributed by atoms with Gasteiger partial charge >= 0.3 is 5.97 Å². The minimum Gasteiger partial charge on any atom is -0.477 e. The maximum absolute atomic E-state index is 10.8. The predicted molar refractivity (Wildman–Crippen MR) is 68.4 cm³/mol. The first-order chi connectivity index (χ1) is 8.16. The molecule has 1 atom stereocenters. The second kappa shape index (κ2) is 5.51. The molecular formula is C12H16N2O2S. The molecule has 17 heavy (non-hydrogen) atoms. The van der Waals surface area contributed by atoms with Crippen LogP contribution >= 0.6 is 11.8 Å². The van der Waals surface area contributed by atoms with Gasteiger partial charge in [-0.3, -0.25) is 4.90 Å². The summed E-state index contributed by atoms with van der Waals surface area (Å²) in [6.45, 7) is 0.715. The lowest BCUT2D eigenvalue weighted by Crippen LogP contribution is -2.31. The van der Waals surface area contributed by atoms with Crippen LogP contribution in [0, 0.1) is 0 Å². The highest BCUT2D eigenvalue weighted by Crippen LogP contribution is 2.22. The number of rotatable bonds is 4. The Morgan fingerprint density at radius 1 is 1.65 bits per heavy atom. The Labute approximate surface area is 105 Å². The van der Waals surface area contributed by atoms with Crippen LogP contribution in [0.4, 0.5) is 0 Å². The van der Waals surface area contributed by atoms with Crippen molar-refractivity contribution in [2.24, 2.45) is 0 Å². The molecule has 92 valence electrons. The van der Waals surface area contributed by atoms with Crippen molar-refractivity contribution in [3.8, 4) is 0 Å². The molecule has 2 rings (SSSR count). The van der Waals surface area contributed by atoms with E-state index in [9.17, 15) is 4.79 Å². The molecule has 1 aromatic heterocycles. The summed E-state index contributed by atoms with van der Waals surface area (Å²) in [4.78, 5) is 17.2. The summed E-state index contributed by atoms with van der Waals surface area (Å²) < 4.78 is 0. The van der Waals surface area contributed by atoms with Crippen LogP contribution < -0.4 is 0 Å². The van der Waals surface area contributed by atoms with E-state index in [1.807, 2.05) is 17.8 Å². The van der Waals surface area contributed by atoms with Crippen LogP contribution in [0.25, 0.3) is 0 Å². The van der Waals surface area contributed by atoms with Crippen molar-refractivity contribution >= 4 is 17.7 Å². The van der Waals surface area contributed by atoms with E-state index in [-0.39, 0.29) is 5.69 Å². The fraction of sp³-hybridized carbons (Fsp3) is 0.500. The van der Waals surface area contributed by atoms with Gasteiger partial charge in [-0.15, -0.1) is 0 Å². The number of aromatic nitrogens is 1. The van der Waals surface area contributed by atoms with Gasteiger partial charge in [-0.1, -0.05) is 6.07 Å². The van der Waals surface area contributed by atoms with Crippen LogP contribution in [-0.4, -0.2) is 45.6 Å². The molecule has 1 N–H and O–H groups in total. The minimum absolute atomic E-state index is 0.122. The lowest BCUT2D eigenvalue weighted by Gasteiger charge is -2.22. The van der Waals surface area contributed by atoms with Crippen LogP contribution in [0.3, 0.4) is 0 Å². The van der Waals surface area contributed by atoms with Gasteiger partial charge in [-0.05, 0) is 31.4 Å². The zero-order chi connectivity index (χ0) is 12.3. The van der Waals surface area contributed by atoms with Crippen LogP contribution in [-0.2, 0) is 6.54 Å². The smallest absolute Gasteiger partial charge is 0.354 e. The average molecular weight is 252 g/mol. The standard InChI is InChI=1S/C12H16N2O2S/c1-14(10-5-6-17-8-10)7-9-3-2-4-11(13-9)12(15)16/h2-4,10H,5-8H2,1H3,(H,15,16). The molecular weight excluding hydrogens is 236 g/mol. The summed E-state index contributed by atoms with van der Waals surface area (Å²) in [6, 6.07) is 5.75. The highest BCUT2D eigenvalue weighted by molar-refractivity contribution is 7.99. The Hall–Kier alpha value is -1.07. The first kappa shape index (κ1) is 12.4. The molecule has 4 nitrogen and oxygen atoms in total. The van der Waals surface area contributed by atoms with Gasteiger partial charge in [-0.25, -0.2) is 9.78 Å². The molecule has 1 fully saturated rings. The highest BCUT2D eigenvalue weighted by Gasteiger charge is 2.20. The van der Waals surface area contributed by atoms with Crippen LogP contribution in [0.15, 0.2) is 18.2 Å². The molecule has 0 aliphatic carbocycles. The van der Waals surface area contributed by atoms with Crippen molar-refractivity contribution in [2.75, 3.05) is 18.6 Å². The van der Waals surface area contributed by atoms with Gasteiger partial charge in [0.25, 0.3) is 0 Å². The number of carboxylic acids is 1. The Bertz CT molecular complexity index is 405. The number of carboxylic acid groups (broad SMARTS) is 1. The molecule has 0 saturated carbocycles.